The fourth-order valence-electron chi connectivity index (χ4n) is 2.12. The molecule has 0 spiro atoms. The minimum Gasteiger partial charge on any atom is -0.462 e. The van der Waals surface area contributed by atoms with Gasteiger partial charge in [-0.1, -0.05) is 0 Å². The number of hydrogen-bond acceptors (Lipinski definition) is 7. The van der Waals surface area contributed by atoms with Crippen molar-refractivity contribution in [2.24, 2.45) is 0 Å². The Morgan fingerprint density at radius 1 is 1.45 bits per heavy atom. The van der Waals surface area contributed by atoms with Gasteiger partial charge in [0.15, 0.2) is 0 Å². The molecule has 7 heteroatoms. The number of thioether (sulfide) groups is 2. The highest BCUT2D eigenvalue weighted by Gasteiger charge is 2.25. The lowest BCUT2D eigenvalue weighted by Crippen LogP contribution is -2.24. The third-order valence-corrected chi connectivity index (χ3v) is 6.30. The van der Waals surface area contributed by atoms with E-state index in [4.69, 9.17) is 10.5 Å². The quantitative estimate of drug-likeness (QED) is 0.675. The molecule has 1 aliphatic rings. The molecule has 112 valence electrons. The zero-order valence-corrected chi connectivity index (χ0v) is 14.3. The molecule has 2 heterocycles. The molecule has 0 aliphatic carbocycles. The molecule has 1 fully saturated rings. The second-order valence-electron chi connectivity index (χ2n) is 4.36. The van der Waals surface area contributed by atoms with E-state index in [0.717, 1.165) is 28.7 Å². The van der Waals surface area contributed by atoms with Crippen molar-refractivity contribution < 1.29 is 9.53 Å². The van der Waals surface area contributed by atoms with Crippen LogP contribution in [0.5, 0.6) is 0 Å². The number of hydrogen-bond donors (Lipinski definition) is 1. The smallest absolute Gasteiger partial charge is 0.350 e. The molecule has 0 bridgehead atoms. The van der Waals surface area contributed by atoms with Crippen molar-refractivity contribution >= 4 is 51.5 Å². The number of esters is 1. The lowest BCUT2D eigenvalue weighted by Gasteiger charge is -2.21. The Kier molecular flexibility index (Phi) is 5.92. The minimum absolute atomic E-state index is 0.305. The number of nitrogens with zero attached hydrogens (tertiary/aromatic N) is 1. The summed E-state index contributed by atoms with van der Waals surface area (Å²) in [4.78, 5) is 15.9. The lowest BCUT2D eigenvalue weighted by atomic mass is 10.3. The second-order valence-corrected chi connectivity index (χ2v) is 7.40. The van der Waals surface area contributed by atoms with Crippen LogP contribution in [-0.2, 0) is 4.74 Å². The van der Waals surface area contributed by atoms with Gasteiger partial charge in [-0.25, -0.2) is 4.79 Å². The molecule has 2 N–H and O–H groups in total. The van der Waals surface area contributed by atoms with E-state index in [2.05, 4.69) is 4.90 Å². The molecule has 1 saturated heterocycles. The van der Waals surface area contributed by atoms with Gasteiger partial charge in [0.25, 0.3) is 0 Å². The molecule has 20 heavy (non-hydrogen) atoms. The van der Waals surface area contributed by atoms with Crippen LogP contribution in [0.2, 0.25) is 0 Å². The molecule has 0 amide bonds. The van der Waals surface area contributed by atoms with Crippen molar-refractivity contribution in [3.05, 3.63) is 4.88 Å². The predicted octanol–water partition coefficient (Wildman–Crippen LogP) is 3.17. The van der Waals surface area contributed by atoms with Gasteiger partial charge in [0.2, 0.25) is 0 Å². The molecule has 0 unspecified atom stereocenters. The number of nitrogen functional groups attached to an aromatic ring is 1. The van der Waals surface area contributed by atoms with Crippen molar-refractivity contribution in [3.63, 3.8) is 0 Å². The monoisotopic (exact) mass is 332 g/mol. The number of anilines is 2. The van der Waals surface area contributed by atoms with E-state index >= 15 is 0 Å². The Bertz CT molecular complexity index is 468. The van der Waals surface area contributed by atoms with Crippen LogP contribution in [0.3, 0.4) is 0 Å². The summed E-state index contributed by atoms with van der Waals surface area (Å²) < 4.78 is 5.09. The molecule has 4 nitrogen and oxygen atoms in total. The van der Waals surface area contributed by atoms with Crippen LogP contribution in [-0.4, -0.2) is 43.4 Å². The van der Waals surface area contributed by atoms with Crippen molar-refractivity contribution in [1.29, 1.82) is 0 Å². The molecule has 1 aromatic rings. The molecule has 0 saturated carbocycles. The first-order valence-electron chi connectivity index (χ1n) is 6.65. The van der Waals surface area contributed by atoms with E-state index in [1.165, 1.54) is 23.5 Å². The minimum atomic E-state index is -0.305. The number of ether oxygens (including phenoxy) is 1. The van der Waals surface area contributed by atoms with Gasteiger partial charge in [0, 0.05) is 18.8 Å². The van der Waals surface area contributed by atoms with Crippen LogP contribution in [0, 0.1) is 0 Å². The Morgan fingerprint density at radius 2 is 2.25 bits per heavy atom. The average molecular weight is 333 g/mol. The average Bonchev–Trinajstić information content (AvgIpc) is 2.63. The Balaban J connectivity index is 2.31. The molecular formula is C13H20N2O2S3. The van der Waals surface area contributed by atoms with E-state index in [0.29, 0.717) is 17.2 Å². The summed E-state index contributed by atoms with van der Waals surface area (Å²) in [7, 11) is 0. The van der Waals surface area contributed by atoms with Gasteiger partial charge in [0.05, 0.1) is 17.2 Å². The van der Waals surface area contributed by atoms with Crippen molar-refractivity contribution in [2.75, 3.05) is 48.1 Å². The first-order chi connectivity index (χ1) is 9.69. The first kappa shape index (κ1) is 15.9. The van der Waals surface area contributed by atoms with Crippen molar-refractivity contribution in [1.82, 2.24) is 0 Å². The topological polar surface area (TPSA) is 55.6 Å². The number of carbonyl (C=O) groups is 1. The zero-order valence-electron chi connectivity index (χ0n) is 11.8. The predicted molar refractivity (Wildman–Crippen MR) is 90.6 cm³/mol. The number of thiophene rings is 1. The maximum absolute atomic E-state index is 12.0. The number of nitrogens with two attached hydrogens (primary N) is 1. The Hall–Kier alpha value is -0.530. The standard InChI is InChI=1S/C13H20N2O2S3/c1-3-17-13(16)11-9(14)10(18-2)12(20-11)15-5-4-7-19-8-6-15/h3-8,14H2,1-2H3. The van der Waals surface area contributed by atoms with Gasteiger partial charge < -0.3 is 15.4 Å². The maximum Gasteiger partial charge on any atom is 0.350 e. The van der Waals surface area contributed by atoms with Crippen LogP contribution in [0.1, 0.15) is 23.0 Å². The fraction of sp³-hybridized carbons (Fsp3) is 0.615. The molecule has 1 aliphatic heterocycles. The highest BCUT2D eigenvalue weighted by Crippen LogP contribution is 2.44. The van der Waals surface area contributed by atoms with E-state index in [1.54, 1.807) is 11.8 Å². The van der Waals surface area contributed by atoms with Crippen LogP contribution < -0.4 is 10.6 Å². The summed E-state index contributed by atoms with van der Waals surface area (Å²) in [5, 5.41) is 1.13. The molecule has 2 rings (SSSR count). The number of carbonyl (C=O) groups excluding carboxylic acids is 1. The SMILES string of the molecule is CCOC(=O)c1sc(N2CCCSCC2)c(SC)c1N. The Labute approximate surface area is 132 Å². The number of rotatable bonds is 4. The molecule has 1 aromatic heterocycles. The lowest BCUT2D eigenvalue weighted by molar-refractivity contribution is 0.0533. The molecular weight excluding hydrogens is 312 g/mol. The van der Waals surface area contributed by atoms with Crippen LogP contribution in [0.4, 0.5) is 10.7 Å². The highest BCUT2D eigenvalue weighted by molar-refractivity contribution is 7.99. The fourth-order valence-corrected chi connectivity index (χ4v) is 5.13. The Morgan fingerprint density at radius 3 is 2.95 bits per heavy atom. The van der Waals surface area contributed by atoms with Gasteiger partial charge in [-0.15, -0.1) is 23.1 Å². The summed E-state index contributed by atoms with van der Waals surface area (Å²) in [6, 6.07) is 0. The maximum atomic E-state index is 12.0. The van der Waals surface area contributed by atoms with Gasteiger partial charge in [0.1, 0.15) is 9.88 Å². The normalized spacial score (nSPS) is 16.0. The van der Waals surface area contributed by atoms with Gasteiger partial charge in [-0.2, -0.15) is 11.8 Å². The van der Waals surface area contributed by atoms with Crippen LogP contribution in [0.25, 0.3) is 0 Å². The zero-order chi connectivity index (χ0) is 14.5. The van der Waals surface area contributed by atoms with Crippen molar-refractivity contribution in [3.8, 4) is 0 Å². The van der Waals surface area contributed by atoms with E-state index in [1.807, 2.05) is 24.9 Å². The van der Waals surface area contributed by atoms with Crippen molar-refractivity contribution in [2.45, 2.75) is 18.2 Å². The second kappa shape index (κ2) is 7.47. The molecule has 0 aromatic carbocycles. The van der Waals surface area contributed by atoms with Gasteiger partial charge in [-0.3, -0.25) is 0 Å². The summed E-state index contributed by atoms with van der Waals surface area (Å²) in [6.07, 6.45) is 3.18. The van der Waals surface area contributed by atoms with Crippen LogP contribution in [0.15, 0.2) is 4.90 Å². The summed E-state index contributed by atoms with van der Waals surface area (Å²) in [6.45, 7) is 4.23. The summed E-state index contributed by atoms with van der Waals surface area (Å²) in [5.74, 6) is 2.03. The summed E-state index contributed by atoms with van der Waals surface area (Å²) >= 11 is 5.07. The van der Waals surface area contributed by atoms with Crippen LogP contribution >= 0.6 is 34.9 Å². The van der Waals surface area contributed by atoms with E-state index in [-0.39, 0.29) is 5.97 Å². The first-order valence-corrected chi connectivity index (χ1v) is 9.84. The third-order valence-electron chi connectivity index (χ3n) is 3.06. The van der Waals surface area contributed by atoms with Gasteiger partial charge >= 0.3 is 5.97 Å². The molecule has 0 radical (unpaired) electrons. The highest BCUT2D eigenvalue weighted by atomic mass is 32.2. The largest absolute Gasteiger partial charge is 0.462 e. The third kappa shape index (κ3) is 3.38. The summed E-state index contributed by atoms with van der Waals surface area (Å²) in [5.41, 5.74) is 6.73. The van der Waals surface area contributed by atoms with Gasteiger partial charge in [-0.05, 0) is 25.4 Å². The molecule has 0 atom stereocenters. The van der Waals surface area contributed by atoms with E-state index in [9.17, 15) is 4.79 Å². The van der Waals surface area contributed by atoms with E-state index < -0.39 is 0 Å².